The molecule has 0 radical (unpaired) electrons. The molecule has 6 nitrogen and oxygen atoms in total. The summed E-state index contributed by atoms with van der Waals surface area (Å²) in [5, 5.41) is 0. The molecule has 0 unspecified atom stereocenters. The maximum absolute atomic E-state index is 12.6. The van der Waals surface area contributed by atoms with Gasteiger partial charge in [-0.2, -0.15) is 0 Å². The van der Waals surface area contributed by atoms with Gasteiger partial charge in [0.05, 0.1) is 18.1 Å². The molecule has 0 atom stereocenters. The minimum atomic E-state index is -3.56. The molecule has 7 heteroatoms. The van der Waals surface area contributed by atoms with Crippen LogP contribution in [0.1, 0.15) is 24.5 Å². The number of aromatic nitrogens is 1. The first-order valence-corrected chi connectivity index (χ1v) is 10.4. The van der Waals surface area contributed by atoms with Crippen LogP contribution in [0.4, 0.5) is 5.82 Å². The zero-order valence-electron chi connectivity index (χ0n) is 15.0. The topological polar surface area (TPSA) is 71.5 Å². The van der Waals surface area contributed by atoms with E-state index in [2.05, 4.69) is 21.5 Å². The van der Waals surface area contributed by atoms with Gasteiger partial charge in [-0.15, -0.1) is 0 Å². The Kier molecular flexibility index (Phi) is 6.24. The van der Waals surface area contributed by atoms with E-state index in [4.69, 9.17) is 4.74 Å². The summed E-state index contributed by atoms with van der Waals surface area (Å²) in [7, 11) is -3.56. The Bertz CT molecular complexity index is 816. The molecule has 26 heavy (non-hydrogen) atoms. The number of rotatable bonds is 7. The van der Waals surface area contributed by atoms with E-state index in [0.29, 0.717) is 13.2 Å². The molecule has 0 bridgehead atoms. The molecule has 1 aromatic carbocycles. The van der Waals surface area contributed by atoms with E-state index in [1.54, 1.807) is 18.3 Å². The van der Waals surface area contributed by atoms with Crippen molar-refractivity contribution in [3.05, 3.63) is 53.7 Å². The Balaban J connectivity index is 1.71. The molecule has 2 aromatic rings. The molecule has 1 aliphatic heterocycles. The summed E-state index contributed by atoms with van der Waals surface area (Å²) in [6.45, 7) is 5.15. The molecule has 1 N–H and O–H groups in total. The van der Waals surface area contributed by atoms with Crippen LogP contribution in [-0.2, 0) is 27.7 Å². The first-order valence-electron chi connectivity index (χ1n) is 8.95. The van der Waals surface area contributed by atoms with E-state index in [9.17, 15) is 8.42 Å². The van der Waals surface area contributed by atoms with Crippen LogP contribution in [0.15, 0.2) is 47.5 Å². The molecule has 1 aromatic heterocycles. The van der Waals surface area contributed by atoms with Gasteiger partial charge in [-0.05, 0) is 30.2 Å². The van der Waals surface area contributed by atoms with Crippen molar-refractivity contribution in [2.75, 3.05) is 31.2 Å². The van der Waals surface area contributed by atoms with E-state index in [1.165, 1.54) is 0 Å². The molecule has 140 valence electrons. The smallest absolute Gasteiger partial charge is 0.240 e. The molecule has 0 spiro atoms. The molecule has 3 rings (SSSR count). The highest BCUT2D eigenvalue weighted by atomic mass is 32.2. The standard InChI is InChI=1S/C19H25N3O3S/c1-2-4-16-6-8-18(9-7-16)26(23,24)21-15-17-5-3-10-20-19(17)22-11-13-25-14-12-22/h3,5-10,21H,2,4,11-15H2,1H3. The SMILES string of the molecule is CCCc1ccc(S(=O)(=O)NCc2cccnc2N2CCOCC2)cc1. The van der Waals surface area contributed by atoms with Crippen LogP contribution in [-0.4, -0.2) is 39.7 Å². The van der Waals surface area contributed by atoms with Crippen molar-refractivity contribution in [1.29, 1.82) is 0 Å². The average molecular weight is 375 g/mol. The largest absolute Gasteiger partial charge is 0.378 e. The fourth-order valence-electron chi connectivity index (χ4n) is 3.01. The van der Waals surface area contributed by atoms with Gasteiger partial charge in [-0.3, -0.25) is 0 Å². The van der Waals surface area contributed by atoms with E-state index in [0.717, 1.165) is 42.9 Å². The Labute approximate surface area is 155 Å². The number of hydrogen-bond donors (Lipinski definition) is 1. The quantitative estimate of drug-likeness (QED) is 0.804. The van der Waals surface area contributed by atoms with Crippen LogP contribution in [0.5, 0.6) is 0 Å². The van der Waals surface area contributed by atoms with Crippen molar-refractivity contribution in [3.8, 4) is 0 Å². The summed E-state index contributed by atoms with van der Waals surface area (Å²) in [6.07, 6.45) is 3.72. The van der Waals surface area contributed by atoms with Gasteiger partial charge in [0.25, 0.3) is 0 Å². The Morgan fingerprint density at radius 3 is 2.58 bits per heavy atom. The molecule has 0 saturated carbocycles. The number of morpholine rings is 1. The number of aryl methyl sites for hydroxylation is 1. The number of hydrogen-bond acceptors (Lipinski definition) is 5. The molecule has 2 heterocycles. The third kappa shape index (κ3) is 4.60. The number of pyridine rings is 1. The third-order valence-corrected chi connectivity index (χ3v) is 5.82. The lowest BCUT2D eigenvalue weighted by atomic mass is 10.1. The minimum absolute atomic E-state index is 0.208. The number of nitrogens with one attached hydrogen (secondary N) is 1. The van der Waals surface area contributed by atoms with Crippen molar-refractivity contribution in [1.82, 2.24) is 9.71 Å². The highest BCUT2D eigenvalue weighted by Gasteiger charge is 2.18. The van der Waals surface area contributed by atoms with Crippen LogP contribution >= 0.6 is 0 Å². The number of sulfonamides is 1. The van der Waals surface area contributed by atoms with Crippen molar-refractivity contribution < 1.29 is 13.2 Å². The zero-order chi connectivity index (χ0) is 18.4. The first-order chi connectivity index (χ1) is 12.6. The lowest BCUT2D eigenvalue weighted by Gasteiger charge is -2.29. The summed E-state index contributed by atoms with van der Waals surface area (Å²) in [6, 6.07) is 10.8. The minimum Gasteiger partial charge on any atom is -0.378 e. The molecule has 1 fully saturated rings. The highest BCUT2D eigenvalue weighted by molar-refractivity contribution is 7.89. The van der Waals surface area contributed by atoms with Gasteiger partial charge in [-0.25, -0.2) is 18.1 Å². The fraction of sp³-hybridized carbons (Fsp3) is 0.421. The Hall–Kier alpha value is -1.96. The van der Waals surface area contributed by atoms with Crippen molar-refractivity contribution >= 4 is 15.8 Å². The van der Waals surface area contributed by atoms with Crippen molar-refractivity contribution in [2.24, 2.45) is 0 Å². The van der Waals surface area contributed by atoms with E-state index in [1.807, 2.05) is 24.3 Å². The van der Waals surface area contributed by atoms with E-state index < -0.39 is 10.0 Å². The number of nitrogens with zero attached hydrogens (tertiary/aromatic N) is 2. The van der Waals surface area contributed by atoms with Gasteiger partial charge in [-0.1, -0.05) is 31.5 Å². The maximum atomic E-state index is 12.6. The monoisotopic (exact) mass is 375 g/mol. The summed E-state index contributed by atoms with van der Waals surface area (Å²) in [5.41, 5.74) is 2.01. The third-order valence-electron chi connectivity index (χ3n) is 4.40. The van der Waals surface area contributed by atoms with Gasteiger partial charge in [0, 0.05) is 31.4 Å². The predicted octanol–water partition coefficient (Wildman–Crippen LogP) is 2.35. The summed E-state index contributed by atoms with van der Waals surface area (Å²) in [4.78, 5) is 6.86. The zero-order valence-corrected chi connectivity index (χ0v) is 15.8. The van der Waals surface area contributed by atoms with Gasteiger partial charge >= 0.3 is 0 Å². The summed E-state index contributed by atoms with van der Waals surface area (Å²) in [5.74, 6) is 0.816. The Morgan fingerprint density at radius 2 is 1.88 bits per heavy atom. The van der Waals surface area contributed by atoms with Crippen LogP contribution in [0, 0.1) is 0 Å². The predicted molar refractivity (Wildman–Crippen MR) is 102 cm³/mol. The second kappa shape index (κ2) is 8.62. The van der Waals surface area contributed by atoms with E-state index >= 15 is 0 Å². The molecule has 0 amide bonds. The lowest BCUT2D eigenvalue weighted by Crippen LogP contribution is -2.37. The number of benzene rings is 1. The van der Waals surface area contributed by atoms with Gasteiger partial charge in [0.1, 0.15) is 5.82 Å². The average Bonchev–Trinajstić information content (AvgIpc) is 2.68. The van der Waals surface area contributed by atoms with Crippen LogP contribution in [0.2, 0.25) is 0 Å². The summed E-state index contributed by atoms with van der Waals surface area (Å²) < 4.78 is 33.3. The molecule has 0 aliphatic carbocycles. The van der Waals surface area contributed by atoms with Gasteiger partial charge < -0.3 is 9.64 Å². The lowest BCUT2D eigenvalue weighted by molar-refractivity contribution is 0.122. The molecule has 1 aliphatic rings. The maximum Gasteiger partial charge on any atom is 0.240 e. The second-order valence-electron chi connectivity index (χ2n) is 6.30. The van der Waals surface area contributed by atoms with E-state index in [-0.39, 0.29) is 11.4 Å². The van der Waals surface area contributed by atoms with Crippen molar-refractivity contribution in [3.63, 3.8) is 0 Å². The second-order valence-corrected chi connectivity index (χ2v) is 8.07. The van der Waals surface area contributed by atoms with Gasteiger partial charge in [0.2, 0.25) is 10.0 Å². The molecular weight excluding hydrogens is 350 g/mol. The molecular formula is C19H25N3O3S. The number of ether oxygens (including phenoxy) is 1. The Morgan fingerprint density at radius 1 is 1.15 bits per heavy atom. The number of anilines is 1. The summed E-state index contributed by atoms with van der Waals surface area (Å²) >= 11 is 0. The van der Waals surface area contributed by atoms with Crippen LogP contribution in [0.3, 0.4) is 0 Å². The molecule has 1 saturated heterocycles. The fourth-order valence-corrected chi connectivity index (χ4v) is 4.01. The first kappa shape index (κ1) is 18.8. The van der Waals surface area contributed by atoms with Crippen LogP contribution in [0.25, 0.3) is 0 Å². The van der Waals surface area contributed by atoms with Crippen molar-refractivity contribution in [2.45, 2.75) is 31.2 Å². The van der Waals surface area contributed by atoms with Gasteiger partial charge in [0.15, 0.2) is 0 Å². The normalized spacial score (nSPS) is 15.2. The highest BCUT2D eigenvalue weighted by Crippen LogP contribution is 2.19. The van der Waals surface area contributed by atoms with Crippen LogP contribution < -0.4 is 9.62 Å².